The lowest BCUT2D eigenvalue weighted by Crippen LogP contribution is -3.06. The summed E-state index contributed by atoms with van der Waals surface area (Å²) in [6, 6.07) is 12.7. The van der Waals surface area contributed by atoms with Crippen molar-refractivity contribution in [2.24, 2.45) is 0 Å². The molecule has 1 unspecified atom stereocenters. The van der Waals surface area contributed by atoms with Crippen LogP contribution in [0.25, 0.3) is 10.6 Å². The lowest BCUT2D eigenvalue weighted by atomic mass is 10.2. The lowest BCUT2D eigenvalue weighted by molar-refractivity contribution is -0.908. The number of ether oxygens (including phenoxy) is 2. The molecule has 1 N–H and O–H groups in total. The van der Waals surface area contributed by atoms with E-state index in [1.54, 1.807) is 31.6 Å². The first kappa shape index (κ1) is 18.4. The highest BCUT2D eigenvalue weighted by Crippen LogP contribution is 2.33. The van der Waals surface area contributed by atoms with Gasteiger partial charge in [-0.3, -0.25) is 0 Å². The average molecular weight is 373 g/mol. The number of benzene rings is 2. The Balaban J connectivity index is 1.71. The molecule has 0 aliphatic carbocycles. The van der Waals surface area contributed by atoms with Crippen LogP contribution in [0.2, 0.25) is 0 Å². The summed E-state index contributed by atoms with van der Waals surface area (Å²) in [6.45, 7) is 1.36. The van der Waals surface area contributed by atoms with Crippen LogP contribution in [-0.4, -0.2) is 26.3 Å². The van der Waals surface area contributed by atoms with Crippen molar-refractivity contribution in [1.29, 1.82) is 0 Å². The number of rotatable bonds is 7. The molecule has 3 rings (SSSR count). The zero-order valence-corrected chi connectivity index (χ0v) is 15.9. The standard InChI is InChI=1S/C20H21FN2O2S/c1-23(11-15-6-4-5-7-17(15)21)12-16-13-26-20(22-16)14-8-9-18(24-2)19(10-14)25-3/h4-10,13H,11-12H2,1-3H3/p+1. The second kappa shape index (κ2) is 8.29. The van der Waals surface area contributed by atoms with E-state index in [0.717, 1.165) is 28.4 Å². The lowest BCUT2D eigenvalue weighted by Gasteiger charge is -2.13. The Hall–Kier alpha value is -2.44. The van der Waals surface area contributed by atoms with Crippen molar-refractivity contribution in [2.75, 3.05) is 21.3 Å². The molecule has 0 radical (unpaired) electrons. The van der Waals surface area contributed by atoms with Gasteiger partial charge in [-0.1, -0.05) is 18.2 Å². The zero-order chi connectivity index (χ0) is 18.5. The first-order chi connectivity index (χ1) is 12.6. The molecule has 26 heavy (non-hydrogen) atoms. The molecule has 0 saturated carbocycles. The molecule has 136 valence electrons. The van der Waals surface area contributed by atoms with Crippen molar-refractivity contribution in [3.05, 3.63) is 64.9 Å². The molecular formula is C20H22FN2O2S+. The van der Waals surface area contributed by atoms with Crippen molar-refractivity contribution in [3.8, 4) is 22.1 Å². The number of aromatic nitrogens is 1. The number of methoxy groups -OCH3 is 2. The fourth-order valence-electron chi connectivity index (χ4n) is 2.83. The summed E-state index contributed by atoms with van der Waals surface area (Å²) in [5.41, 5.74) is 2.71. The van der Waals surface area contributed by atoms with E-state index in [9.17, 15) is 4.39 Å². The van der Waals surface area contributed by atoms with E-state index in [4.69, 9.17) is 14.5 Å². The predicted molar refractivity (Wildman–Crippen MR) is 101 cm³/mol. The predicted octanol–water partition coefficient (Wildman–Crippen LogP) is 3.18. The van der Waals surface area contributed by atoms with Crippen LogP contribution in [0.4, 0.5) is 4.39 Å². The molecule has 4 nitrogen and oxygen atoms in total. The minimum absolute atomic E-state index is 0.156. The molecular weight excluding hydrogens is 351 g/mol. The van der Waals surface area contributed by atoms with Crippen LogP contribution >= 0.6 is 11.3 Å². The third kappa shape index (κ3) is 4.20. The topological polar surface area (TPSA) is 35.8 Å². The van der Waals surface area contributed by atoms with Crippen LogP contribution in [0.3, 0.4) is 0 Å². The Morgan fingerprint density at radius 3 is 2.54 bits per heavy atom. The largest absolute Gasteiger partial charge is 0.493 e. The van der Waals surface area contributed by atoms with Gasteiger partial charge in [-0.25, -0.2) is 9.37 Å². The summed E-state index contributed by atoms with van der Waals surface area (Å²) >= 11 is 1.59. The quantitative estimate of drug-likeness (QED) is 0.691. The maximum atomic E-state index is 13.8. The van der Waals surface area contributed by atoms with Crippen LogP contribution in [0.5, 0.6) is 11.5 Å². The molecule has 0 amide bonds. The zero-order valence-electron chi connectivity index (χ0n) is 15.1. The smallest absolute Gasteiger partial charge is 0.161 e. The maximum Gasteiger partial charge on any atom is 0.161 e. The van der Waals surface area contributed by atoms with E-state index < -0.39 is 0 Å². The number of halogens is 1. The molecule has 3 aromatic rings. The van der Waals surface area contributed by atoms with Gasteiger partial charge >= 0.3 is 0 Å². The fourth-order valence-corrected chi connectivity index (χ4v) is 3.65. The van der Waals surface area contributed by atoms with Crippen molar-refractivity contribution in [2.45, 2.75) is 13.1 Å². The molecule has 2 aromatic carbocycles. The molecule has 0 aliphatic heterocycles. The maximum absolute atomic E-state index is 13.8. The number of hydrogen-bond donors (Lipinski definition) is 1. The van der Waals surface area contributed by atoms with Crippen molar-refractivity contribution < 1.29 is 18.8 Å². The number of quaternary nitrogens is 1. The van der Waals surface area contributed by atoms with Gasteiger partial charge in [0.1, 0.15) is 29.6 Å². The van der Waals surface area contributed by atoms with Crippen molar-refractivity contribution in [3.63, 3.8) is 0 Å². The molecule has 0 spiro atoms. The molecule has 0 fully saturated rings. The SMILES string of the molecule is COc1ccc(-c2nc(C[NH+](C)Cc3ccccc3F)cs2)cc1OC. The van der Waals surface area contributed by atoms with Gasteiger partial charge < -0.3 is 14.4 Å². The van der Waals surface area contributed by atoms with E-state index in [-0.39, 0.29) is 5.82 Å². The van der Waals surface area contributed by atoms with Gasteiger partial charge in [-0.2, -0.15) is 0 Å². The normalized spacial score (nSPS) is 12.0. The van der Waals surface area contributed by atoms with E-state index in [0.29, 0.717) is 18.0 Å². The summed E-state index contributed by atoms with van der Waals surface area (Å²) in [7, 11) is 5.28. The monoisotopic (exact) mass is 373 g/mol. The van der Waals surface area contributed by atoms with Crippen molar-refractivity contribution in [1.82, 2.24) is 4.98 Å². The van der Waals surface area contributed by atoms with Gasteiger partial charge in [0.15, 0.2) is 11.5 Å². The molecule has 0 saturated heterocycles. The first-order valence-electron chi connectivity index (χ1n) is 8.32. The molecule has 0 bridgehead atoms. The molecule has 1 aromatic heterocycles. The Morgan fingerprint density at radius 2 is 1.81 bits per heavy atom. The summed E-state index contributed by atoms with van der Waals surface area (Å²) < 4.78 is 24.4. The van der Waals surface area contributed by atoms with E-state index in [2.05, 4.69) is 5.38 Å². The Bertz CT molecular complexity index is 882. The van der Waals surface area contributed by atoms with Crippen LogP contribution < -0.4 is 14.4 Å². The van der Waals surface area contributed by atoms with Gasteiger partial charge in [0.2, 0.25) is 0 Å². The van der Waals surface area contributed by atoms with Gasteiger partial charge in [-0.05, 0) is 24.3 Å². The summed E-state index contributed by atoms with van der Waals surface area (Å²) in [5, 5.41) is 2.98. The minimum Gasteiger partial charge on any atom is -0.493 e. The number of hydrogen-bond acceptors (Lipinski definition) is 4. The molecule has 0 aliphatic rings. The molecule has 1 atom stereocenters. The highest BCUT2D eigenvalue weighted by molar-refractivity contribution is 7.13. The first-order valence-corrected chi connectivity index (χ1v) is 9.20. The fraction of sp³-hybridized carbons (Fsp3) is 0.250. The molecule has 1 heterocycles. The second-order valence-corrected chi connectivity index (χ2v) is 6.97. The minimum atomic E-state index is -0.156. The average Bonchev–Trinajstić information content (AvgIpc) is 3.11. The Labute approximate surface area is 156 Å². The van der Waals surface area contributed by atoms with E-state index in [1.807, 2.05) is 37.4 Å². The van der Waals surface area contributed by atoms with Crippen molar-refractivity contribution >= 4 is 11.3 Å². The number of nitrogens with one attached hydrogen (secondary N) is 1. The highest BCUT2D eigenvalue weighted by atomic mass is 32.1. The second-order valence-electron chi connectivity index (χ2n) is 6.12. The molecule has 6 heteroatoms. The van der Waals surface area contributed by atoms with Crippen LogP contribution in [0.15, 0.2) is 47.8 Å². The van der Waals surface area contributed by atoms with Gasteiger partial charge in [-0.15, -0.1) is 11.3 Å². The van der Waals surface area contributed by atoms with Gasteiger partial charge in [0, 0.05) is 16.5 Å². The Morgan fingerprint density at radius 1 is 1.04 bits per heavy atom. The summed E-state index contributed by atoms with van der Waals surface area (Å²) in [4.78, 5) is 5.90. The van der Waals surface area contributed by atoms with Gasteiger partial charge in [0.25, 0.3) is 0 Å². The van der Waals surface area contributed by atoms with Crippen LogP contribution in [0.1, 0.15) is 11.3 Å². The Kier molecular flexibility index (Phi) is 5.85. The third-order valence-corrected chi connectivity index (χ3v) is 5.06. The summed E-state index contributed by atoms with van der Waals surface area (Å²) in [6.07, 6.45) is 0. The number of thiazole rings is 1. The van der Waals surface area contributed by atoms with Crippen LogP contribution in [0, 0.1) is 5.82 Å². The highest BCUT2D eigenvalue weighted by Gasteiger charge is 2.13. The van der Waals surface area contributed by atoms with E-state index in [1.165, 1.54) is 11.0 Å². The third-order valence-electron chi connectivity index (χ3n) is 4.12. The van der Waals surface area contributed by atoms with E-state index >= 15 is 0 Å². The van der Waals surface area contributed by atoms with Gasteiger partial charge in [0.05, 0.1) is 21.3 Å². The number of nitrogens with zero attached hydrogens (tertiary/aromatic N) is 1. The van der Waals surface area contributed by atoms with Crippen LogP contribution in [-0.2, 0) is 13.1 Å². The summed E-state index contributed by atoms with van der Waals surface area (Å²) in [5.74, 6) is 1.22.